The molecule has 0 unspecified atom stereocenters. The molecule has 1 aromatic heterocycles. The zero-order valence-corrected chi connectivity index (χ0v) is 19.6. The number of hydrogen-bond acceptors (Lipinski definition) is 4. The van der Waals surface area contributed by atoms with Gasteiger partial charge in [-0.25, -0.2) is 4.57 Å². The molecular formula is C24H21IN2O2S. The van der Waals surface area contributed by atoms with Crippen LogP contribution in [0.15, 0.2) is 95.0 Å². The molecule has 0 fully saturated rings. The molecule has 4 rings (SSSR count). The first-order valence-corrected chi connectivity index (χ1v) is 9.89. The number of rotatable bonds is 3. The molecule has 0 aliphatic carbocycles. The van der Waals surface area contributed by atoms with E-state index >= 15 is 0 Å². The average Bonchev–Trinajstić information content (AvgIpc) is 3.06. The molecule has 0 saturated heterocycles. The second-order valence-corrected chi connectivity index (χ2v) is 7.42. The SMILES string of the molecule is CN1C(=CC=CC=Cc2cc[n+](C)c3ccccc23)Sc2ccccc21.O=C=O.[I-]. The second-order valence-electron chi connectivity index (χ2n) is 6.36. The lowest BCUT2D eigenvalue weighted by atomic mass is 10.1. The maximum atomic E-state index is 8.12. The predicted octanol–water partition coefficient (Wildman–Crippen LogP) is 1.74. The molecule has 0 bridgehead atoms. The number of fused-ring (bicyclic) bond motifs is 2. The third kappa shape index (κ3) is 5.48. The van der Waals surface area contributed by atoms with E-state index in [1.165, 1.54) is 32.1 Å². The number of para-hydroxylation sites is 2. The van der Waals surface area contributed by atoms with Gasteiger partial charge in [0.25, 0.3) is 0 Å². The Balaban J connectivity index is 0.000000757. The number of halogens is 1. The summed E-state index contributed by atoms with van der Waals surface area (Å²) in [6.07, 6.45) is 13.0. The summed E-state index contributed by atoms with van der Waals surface area (Å²) in [5.74, 6) is 0. The van der Waals surface area contributed by atoms with Crippen LogP contribution in [0.3, 0.4) is 0 Å². The summed E-state index contributed by atoms with van der Waals surface area (Å²) in [5, 5.41) is 2.51. The van der Waals surface area contributed by atoms with Crippen LogP contribution in [0.4, 0.5) is 5.69 Å². The zero-order chi connectivity index (χ0) is 20.6. The van der Waals surface area contributed by atoms with E-state index < -0.39 is 0 Å². The predicted molar refractivity (Wildman–Crippen MR) is 117 cm³/mol. The lowest BCUT2D eigenvalue weighted by Crippen LogP contribution is -3.00. The van der Waals surface area contributed by atoms with Gasteiger partial charge < -0.3 is 28.9 Å². The highest BCUT2D eigenvalue weighted by molar-refractivity contribution is 8.03. The van der Waals surface area contributed by atoms with Crippen molar-refractivity contribution in [2.75, 3.05) is 11.9 Å². The van der Waals surface area contributed by atoms with E-state index in [0.717, 1.165) is 0 Å². The van der Waals surface area contributed by atoms with E-state index in [1.54, 1.807) is 0 Å². The molecule has 0 amide bonds. The first-order chi connectivity index (χ1) is 14.2. The van der Waals surface area contributed by atoms with Crippen LogP contribution >= 0.6 is 11.8 Å². The molecule has 1 aliphatic rings. The minimum absolute atomic E-state index is 0. The molecule has 152 valence electrons. The number of thioether (sulfide) groups is 1. The topological polar surface area (TPSA) is 41.3 Å². The molecule has 0 atom stereocenters. The molecule has 2 aromatic carbocycles. The van der Waals surface area contributed by atoms with Gasteiger partial charge in [0.1, 0.15) is 7.05 Å². The Labute approximate surface area is 197 Å². The highest BCUT2D eigenvalue weighted by atomic mass is 127. The summed E-state index contributed by atoms with van der Waals surface area (Å²) in [4.78, 5) is 19.8. The van der Waals surface area contributed by atoms with Gasteiger partial charge in [-0.2, -0.15) is 9.59 Å². The van der Waals surface area contributed by atoms with Crippen LogP contribution in [-0.4, -0.2) is 13.2 Å². The van der Waals surface area contributed by atoms with Gasteiger partial charge >= 0.3 is 6.15 Å². The minimum atomic E-state index is 0. The molecule has 0 radical (unpaired) electrons. The van der Waals surface area contributed by atoms with Crippen LogP contribution in [-0.2, 0) is 16.6 Å². The number of anilines is 1. The van der Waals surface area contributed by atoms with Gasteiger partial charge in [-0.3, -0.25) is 0 Å². The fraction of sp³-hybridized carbons (Fsp3) is 0.0833. The summed E-state index contributed by atoms with van der Waals surface area (Å²) in [6.45, 7) is 0. The molecule has 0 saturated carbocycles. The number of benzene rings is 2. The Hall–Kier alpha value is -2.67. The number of aryl methyl sites for hydroxylation is 1. The van der Waals surface area contributed by atoms with Crippen molar-refractivity contribution in [2.24, 2.45) is 7.05 Å². The van der Waals surface area contributed by atoms with Gasteiger partial charge in [0, 0.05) is 24.1 Å². The van der Waals surface area contributed by atoms with Gasteiger partial charge in [0.2, 0.25) is 5.52 Å². The molecule has 30 heavy (non-hydrogen) atoms. The number of hydrogen-bond donors (Lipinski definition) is 0. The maximum Gasteiger partial charge on any atom is 0.373 e. The second kappa shape index (κ2) is 11.5. The molecule has 0 N–H and O–H groups in total. The van der Waals surface area contributed by atoms with Crippen molar-refractivity contribution in [1.82, 2.24) is 0 Å². The Bertz CT molecular complexity index is 1150. The lowest BCUT2D eigenvalue weighted by molar-refractivity contribution is -0.644. The van der Waals surface area contributed by atoms with Crippen molar-refractivity contribution in [1.29, 1.82) is 0 Å². The fourth-order valence-electron chi connectivity index (χ4n) is 3.16. The van der Waals surface area contributed by atoms with Gasteiger partial charge in [0.15, 0.2) is 6.20 Å². The number of nitrogens with zero attached hydrogens (tertiary/aromatic N) is 2. The van der Waals surface area contributed by atoms with Crippen molar-refractivity contribution in [3.05, 3.63) is 95.7 Å². The third-order valence-corrected chi connectivity index (χ3v) is 5.77. The molecule has 6 heteroatoms. The van der Waals surface area contributed by atoms with Crippen molar-refractivity contribution >= 4 is 40.6 Å². The number of allylic oxidation sites excluding steroid dienone is 4. The Morgan fingerprint density at radius 2 is 1.67 bits per heavy atom. The third-order valence-electron chi connectivity index (χ3n) is 4.58. The Morgan fingerprint density at radius 1 is 0.967 bits per heavy atom. The number of aromatic nitrogens is 1. The average molecular weight is 528 g/mol. The van der Waals surface area contributed by atoms with Crippen molar-refractivity contribution in [3.8, 4) is 0 Å². The molecule has 3 aromatic rings. The minimum Gasteiger partial charge on any atom is -1.00 e. The van der Waals surface area contributed by atoms with E-state index in [9.17, 15) is 0 Å². The van der Waals surface area contributed by atoms with Gasteiger partial charge in [-0.05, 0) is 29.8 Å². The van der Waals surface area contributed by atoms with Crippen molar-refractivity contribution in [2.45, 2.75) is 4.90 Å². The summed E-state index contributed by atoms with van der Waals surface area (Å²) in [6, 6.07) is 19.1. The van der Waals surface area contributed by atoms with Gasteiger partial charge in [-0.15, -0.1) is 0 Å². The van der Waals surface area contributed by atoms with E-state index in [0.29, 0.717) is 0 Å². The summed E-state index contributed by atoms with van der Waals surface area (Å²) < 4.78 is 2.15. The molecule has 2 heterocycles. The van der Waals surface area contributed by atoms with Gasteiger partial charge in [0.05, 0.1) is 16.1 Å². The fourth-order valence-corrected chi connectivity index (χ4v) is 4.22. The monoisotopic (exact) mass is 528 g/mol. The van der Waals surface area contributed by atoms with E-state index in [1.807, 2.05) is 11.8 Å². The first-order valence-electron chi connectivity index (χ1n) is 9.08. The highest BCUT2D eigenvalue weighted by Crippen LogP contribution is 2.44. The highest BCUT2D eigenvalue weighted by Gasteiger charge is 2.20. The normalized spacial score (nSPS) is 13.8. The maximum absolute atomic E-state index is 8.12. The van der Waals surface area contributed by atoms with Crippen LogP contribution in [0.25, 0.3) is 17.0 Å². The molecule has 4 nitrogen and oxygen atoms in total. The largest absolute Gasteiger partial charge is 1.00 e. The van der Waals surface area contributed by atoms with Crippen LogP contribution in [0.2, 0.25) is 0 Å². The zero-order valence-electron chi connectivity index (χ0n) is 16.7. The molecular weight excluding hydrogens is 507 g/mol. The molecule has 0 spiro atoms. The van der Waals surface area contributed by atoms with Crippen molar-refractivity contribution in [3.63, 3.8) is 0 Å². The Kier molecular flexibility index (Phi) is 9.05. The Morgan fingerprint density at radius 3 is 2.43 bits per heavy atom. The number of carbonyl (C=O) groups excluding carboxylic acids is 2. The van der Waals surface area contributed by atoms with E-state index in [4.69, 9.17) is 9.59 Å². The smallest absolute Gasteiger partial charge is 0.373 e. The summed E-state index contributed by atoms with van der Waals surface area (Å²) >= 11 is 1.81. The van der Waals surface area contributed by atoms with Crippen LogP contribution < -0.4 is 33.4 Å². The number of pyridine rings is 1. The molecule has 1 aliphatic heterocycles. The first kappa shape index (κ1) is 23.6. The lowest BCUT2D eigenvalue weighted by Gasteiger charge is -2.12. The van der Waals surface area contributed by atoms with Crippen LogP contribution in [0.5, 0.6) is 0 Å². The standard InChI is InChI=1S/C23H21N2S.CO2.HI/c1-24-17-16-18(19-11-6-7-12-20(19)24)10-4-3-5-15-23-25(2)21-13-8-9-14-22(21)26-23;2-1-3;/h3-17H,1-2H3;;1H/q+1;;/p-1. The van der Waals surface area contributed by atoms with E-state index in [2.05, 4.69) is 115 Å². The van der Waals surface area contributed by atoms with Gasteiger partial charge in [-0.1, -0.05) is 60.3 Å². The van der Waals surface area contributed by atoms with Crippen LogP contribution in [0.1, 0.15) is 5.56 Å². The quantitative estimate of drug-likeness (QED) is 0.295. The van der Waals surface area contributed by atoms with E-state index in [-0.39, 0.29) is 30.1 Å². The summed E-state index contributed by atoms with van der Waals surface area (Å²) in [7, 11) is 4.19. The summed E-state index contributed by atoms with van der Waals surface area (Å²) in [5.41, 5.74) is 3.74. The van der Waals surface area contributed by atoms with Crippen molar-refractivity contribution < 1.29 is 38.1 Å². The van der Waals surface area contributed by atoms with Crippen LogP contribution in [0, 0.1) is 0 Å².